The smallest absolute Gasteiger partial charge is 0.248 e. The first-order valence-electron chi connectivity index (χ1n) is 11.1. The third-order valence-electron chi connectivity index (χ3n) is 8.05. The Labute approximate surface area is 166 Å². The molecule has 6 heteroatoms. The molecule has 0 aliphatic heterocycles. The number of methoxy groups -OCH3 is 1. The van der Waals surface area contributed by atoms with Crippen molar-refractivity contribution in [2.24, 2.45) is 29.6 Å². The molecule has 0 spiro atoms. The highest BCUT2D eigenvalue weighted by Gasteiger charge is 2.46. The number of aliphatic hydroxyl groups is 1. The van der Waals surface area contributed by atoms with Crippen LogP contribution in [0.2, 0.25) is 0 Å². The van der Waals surface area contributed by atoms with Crippen LogP contribution >= 0.6 is 0 Å². The topological polar surface area (TPSA) is 29.5 Å². The highest BCUT2D eigenvalue weighted by atomic mass is 19.3. The lowest BCUT2D eigenvalue weighted by molar-refractivity contribution is -0.0991. The van der Waals surface area contributed by atoms with Crippen LogP contribution in [0, 0.1) is 29.6 Å². The zero-order valence-corrected chi connectivity index (χ0v) is 17.1. The number of halogens is 4. The first-order chi connectivity index (χ1) is 13.2. The van der Waals surface area contributed by atoms with Gasteiger partial charge < -0.3 is 9.84 Å². The molecule has 5 atom stereocenters. The van der Waals surface area contributed by atoms with Gasteiger partial charge in [0.05, 0.1) is 12.2 Å². The Kier molecular flexibility index (Phi) is 7.33. The highest BCUT2D eigenvalue weighted by molar-refractivity contribution is 4.95. The maximum atomic E-state index is 14.5. The van der Waals surface area contributed by atoms with E-state index < -0.39 is 42.3 Å². The Morgan fingerprint density at radius 1 is 0.821 bits per heavy atom. The van der Waals surface area contributed by atoms with Crippen LogP contribution < -0.4 is 0 Å². The number of ether oxygens (including phenoxy) is 1. The normalized spacial score (nSPS) is 44.2. The van der Waals surface area contributed by atoms with Crippen molar-refractivity contribution >= 4 is 0 Å². The van der Waals surface area contributed by atoms with Crippen LogP contribution in [0.1, 0.15) is 71.1 Å². The molecular weight excluding hydrogens is 372 g/mol. The summed E-state index contributed by atoms with van der Waals surface area (Å²) in [5.41, 5.74) is 0. The van der Waals surface area contributed by atoms with Crippen LogP contribution in [-0.2, 0) is 4.74 Å². The molecule has 3 aliphatic carbocycles. The van der Waals surface area contributed by atoms with Crippen LogP contribution in [0.15, 0.2) is 0 Å². The molecule has 0 radical (unpaired) electrons. The van der Waals surface area contributed by atoms with E-state index in [4.69, 9.17) is 4.74 Å². The van der Waals surface area contributed by atoms with E-state index in [0.717, 1.165) is 45.4 Å². The van der Waals surface area contributed by atoms with Gasteiger partial charge in [-0.1, -0.05) is 0 Å². The lowest BCUT2D eigenvalue weighted by atomic mass is 9.66. The van der Waals surface area contributed by atoms with Gasteiger partial charge in [-0.15, -0.1) is 0 Å². The minimum absolute atomic E-state index is 0.0158. The van der Waals surface area contributed by atoms with Crippen LogP contribution in [0.4, 0.5) is 17.6 Å². The van der Waals surface area contributed by atoms with Gasteiger partial charge in [0.25, 0.3) is 0 Å². The van der Waals surface area contributed by atoms with Gasteiger partial charge in [0.1, 0.15) is 6.17 Å². The van der Waals surface area contributed by atoms with E-state index in [1.165, 1.54) is 7.11 Å². The standard InChI is InChI=1S/C22H36F4O2/c1-22(25,26)16-9-7-14(8-10-16)13-3-5-15(6-4-13)21(27)17-11-12-18(28-2)20(24)19(17)23/h13-21,27H,3-12H2,1-2H3. The van der Waals surface area contributed by atoms with E-state index in [9.17, 15) is 22.7 Å². The first kappa shape index (κ1) is 22.3. The van der Waals surface area contributed by atoms with Gasteiger partial charge in [-0.2, -0.15) is 0 Å². The zero-order valence-electron chi connectivity index (χ0n) is 17.1. The second-order valence-electron chi connectivity index (χ2n) is 9.64. The van der Waals surface area contributed by atoms with Crippen molar-refractivity contribution in [2.75, 3.05) is 7.11 Å². The van der Waals surface area contributed by atoms with E-state index in [1.54, 1.807) is 0 Å². The molecule has 0 aromatic heterocycles. The molecule has 3 aliphatic rings. The summed E-state index contributed by atoms with van der Waals surface area (Å²) in [5.74, 6) is -2.68. The molecule has 0 heterocycles. The zero-order chi connectivity index (χ0) is 20.5. The van der Waals surface area contributed by atoms with Crippen molar-refractivity contribution in [2.45, 2.75) is 102 Å². The average Bonchev–Trinajstić information content (AvgIpc) is 2.69. The van der Waals surface area contributed by atoms with Crippen LogP contribution in [0.3, 0.4) is 0 Å². The minimum atomic E-state index is -2.58. The number of hydrogen-bond acceptors (Lipinski definition) is 2. The predicted molar refractivity (Wildman–Crippen MR) is 101 cm³/mol. The first-order valence-corrected chi connectivity index (χ1v) is 11.1. The molecule has 28 heavy (non-hydrogen) atoms. The van der Waals surface area contributed by atoms with Crippen LogP contribution in [0.5, 0.6) is 0 Å². The monoisotopic (exact) mass is 408 g/mol. The number of alkyl halides is 4. The molecular formula is C22H36F4O2. The summed E-state index contributed by atoms with van der Waals surface area (Å²) in [4.78, 5) is 0. The summed E-state index contributed by atoms with van der Waals surface area (Å²) < 4.78 is 60.7. The Bertz CT molecular complexity index is 481. The summed E-state index contributed by atoms with van der Waals surface area (Å²) in [6.07, 6.45) is 2.55. The van der Waals surface area contributed by atoms with Crippen molar-refractivity contribution in [1.29, 1.82) is 0 Å². The third kappa shape index (κ3) is 4.85. The fraction of sp³-hybridized carbons (Fsp3) is 1.00. The lowest BCUT2D eigenvalue weighted by Gasteiger charge is -2.43. The SMILES string of the molecule is COC1CCC(C(O)C2CCC(C3CCC(C(C)(F)F)CC3)CC2)C(F)C1F. The summed E-state index contributed by atoms with van der Waals surface area (Å²) in [7, 11) is 1.40. The van der Waals surface area contributed by atoms with Crippen molar-refractivity contribution < 1.29 is 27.4 Å². The van der Waals surface area contributed by atoms with Crippen LogP contribution in [-0.4, -0.2) is 42.7 Å². The molecule has 5 unspecified atom stereocenters. The Morgan fingerprint density at radius 3 is 1.86 bits per heavy atom. The second kappa shape index (κ2) is 9.20. The van der Waals surface area contributed by atoms with Gasteiger partial charge in [0, 0.05) is 18.9 Å². The average molecular weight is 409 g/mol. The minimum Gasteiger partial charge on any atom is -0.392 e. The van der Waals surface area contributed by atoms with Gasteiger partial charge in [-0.25, -0.2) is 17.6 Å². The van der Waals surface area contributed by atoms with Crippen molar-refractivity contribution in [3.63, 3.8) is 0 Å². The van der Waals surface area contributed by atoms with Crippen molar-refractivity contribution in [3.05, 3.63) is 0 Å². The van der Waals surface area contributed by atoms with Crippen molar-refractivity contribution in [1.82, 2.24) is 0 Å². The Balaban J connectivity index is 1.46. The summed E-state index contributed by atoms with van der Waals surface area (Å²) in [6.45, 7) is 1.03. The maximum Gasteiger partial charge on any atom is 0.248 e. The van der Waals surface area contributed by atoms with E-state index in [0.29, 0.717) is 37.5 Å². The quantitative estimate of drug-likeness (QED) is 0.590. The molecule has 2 nitrogen and oxygen atoms in total. The molecule has 164 valence electrons. The molecule has 3 fully saturated rings. The number of hydrogen-bond donors (Lipinski definition) is 1. The van der Waals surface area contributed by atoms with E-state index in [1.807, 2.05) is 0 Å². The van der Waals surface area contributed by atoms with E-state index >= 15 is 0 Å². The molecule has 3 saturated carbocycles. The van der Waals surface area contributed by atoms with Crippen molar-refractivity contribution in [3.8, 4) is 0 Å². The Hall–Kier alpha value is -0.360. The third-order valence-corrected chi connectivity index (χ3v) is 8.05. The second-order valence-corrected chi connectivity index (χ2v) is 9.64. The molecule has 1 N–H and O–H groups in total. The van der Waals surface area contributed by atoms with Gasteiger partial charge in [-0.05, 0) is 88.9 Å². The largest absolute Gasteiger partial charge is 0.392 e. The number of rotatable bonds is 5. The highest BCUT2D eigenvalue weighted by Crippen LogP contribution is 2.46. The van der Waals surface area contributed by atoms with E-state index in [2.05, 4.69) is 0 Å². The number of aliphatic hydroxyl groups excluding tert-OH is 1. The fourth-order valence-electron chi connectivity index (χ4n) is 6.13. The fourth-order valence-corrected chi connectivity index (χ4v) is 6.13. The maximum absolute atomic E-state index is 14.5. The van der Waals surface area contributed by atoms with Crippen LogP contribution in [0.25, 0.3) is 0 Å². The summed E-state index contributed by atoms with van der Waals surface area (Å²) in [5, 5.41) is 10.7. The molecule has 0 bridgehead atoms. The molecule has 3 rings (SSSR count). The van der Waals surface area contributed by atoms with E-state index in [-0.39, 0.29) is 5.92 Å². The molecule has 0 saturated heterocycles. The van der Waals surface area contributed by atoms with Gasteiger partial charge in [0.2, 0.25) is 5.92 Å². The lowest BCUT2D eigenvalue weighted by Crippen LogP contribution is -2.48. The molecule has 0 aromatic carbocycles. The Morgan fingerprint density at radius 2 is 1.36 bits per heavy atom. The molecule has 0 amide bonds. The van der Waals surface area contributed by atoms with Gasteiger partial charge >= 0.3 is 0 Å². The summed E-state index contributed by atoms with van der Waals surface area (Å²) in [6, 6.07) is 0. The molecule has 0 aromatic rings. The summed E-state index contributed by atoms with van der Waals surface area (Å²) >= 11 is 0. The van der Waals surface area contributed by atoms with Gasteiger partial charge in [0.15, 0.2) is 6.17 Å². The predicted octanol–water partition coefficient (Wildman–Crippen LogP) is 5.72. The van der Waals surface area contributed by atoms with Gasteiger partial charge in [-0.3, -0.25) is 0 Å².